The second kappa shape index (κ2) is 5.28. The molecule has 1 atom stereocenters. The summed E-state index contributed by atoms with van der Waals surface area (Å²) in [5, 5.41) is 10.1. The van der Waals surface area contributed by atoms with Crippen LogP contribution in [0, 0.1) is 5.92 Å². The number of rotatable bonds is 4. The fraction of sp³-hybridized carbons (Fsp3) is 0.545. The number of hydrogen-bond donors (Lipinski definition) is 2. The molecule has 1 amide bonds. The Morgan fingerprint density at radius 3 is 3.27 bits per heavy atom. The number of carbonyl (C=O) groups is 1. The molecule has 0 saturated carbocycles. The molecule has 1 fully saturated rings. The van der Waals surface area contributed by atoms with Crippen LogP contribution in [0.3, 0.4) is 0 Å². The summed E-state index contributed by atoms with van der Waals surface area (Å²) < 4.78 is 0. The molecular formula is C11H16N2OS. The molecule has 4 heteroatoms. The average Bonchev–Trinajstić information content (AvgIpc) is 2.90. The van der Waals surface area contributed by atoms with Gasteiger partial charge in [0.05, 0.1) is 0 Å². The summed E-state index contributed by atoms with van der Waals surface area (Å²) in [5.41, 5.74) is 0.782. The van der Waals surface area contributed by atoms with Gasteiger partial charge in [0.25, 0.3) is 5.91 Å². The molecule has 0 radical (unpaired) electrons. The second-order valence-corrected chi connectivity index (χ2v) is 4.70. The van der Waals surface area contributed by atoms with Gasteiger partial charge in [-0.05, 0) is 43.3 Å². The van der Waals surface area contributed by atoms with E-state index in [0.29, 0.717) is 0 Å². The van der Waals surface area contributed by atoms with E-state index in [-0.39, 0.29) is 5.91 Å². The van der Waals surface area contributed by atoms with Crippen LogP contribution < -0.4 is 10.6 Å². The smallest absolute Gasteiger partial charge is 0.252 e. The molecule has 1 aromatic rings. The molecule has 1 aliphatic rings. The number of carbonyl (C=O) groups excluding carboxylic acids is 1. The molecule has 82 valence electrons. The lowest BCUT2D eigenvalue weighted by atomic mass is 10.1. The third kappa shape index (κ3) is 3.04. The zero-order valence-corrected chi connectivity index (χ0v) is 9.48. The van der Waals surface area contributed by atoms with E-state index in [1.807, 2.05) is 16.8 Å². The zero-order valence-electron chi connectivity index (χ0n) is 8.66. The predicted octanol–water partition coefficient (Wildman–Crippen LogP) is 1.48. The Balaban J connectivity index is 1.67. The SMILES string of the molecule is O=C(NCC[C@H]1CCNC1)c1ccsc1. The maximum Gasteiger partial charge on any atom is 0.252 e. The topological polar surface area (TPSA) is 41.1 Å². The Hall–Kier alpha value is -0.870. The Kier molecular flexibility index (Phi) is 3.75. The van der Waals surface area contributed by atoms with E-state index in [4.69, 9.17) is 0 Å². The molecule has 3 nitrogen and oxygen atoms in total. The Morgan fingerprint density at radius 1 is 1.67 bits per heavy atom. The van der Waals surface area contributed by atoms with Gasteiger partial charge in [-0.1, -0.05) is 0 Å². The Labute approximate surface area is 93.9 Å². The summed E-state index contributed by atoms with van der Waals surface area (Å²) >= 11 is 1.56. The van der Waals surface area contributed by atoms with Gasteiger partial charge in [0.1, 0.15) is 0 Å². The number of thiophene rings is 1. The monoisotopic (exact) mass is 224 g/mol. The van der Waals surface area contributed by atoms with Gasteiger partial charge in [0.2, 0.25) is 0 Å². The summed E-state index contributed by atoms with van der Waals surface area (Å²) in [6.45, 7) is 3.03. The molecule has 0 aromatic carbocycles. The quantitative estimate of drug-likeness (QED) is 0.813. The second-order valence-electron chi connectivity index (χ2n) is 3.92. The summed E-state index contributed by atoms with van der Waals surface area (Å²) in [6.07, 6.45) is 2.33. The predicted molar refractivity (Wildman–Crippen MR) is 62.2 cm³/mol. The van der Waals surface area contributed by atoms with Crippen molar-refractivity contribution in [2.24, 2.45) is 5.92 Å². The van der Waals surface area contributed by atoms with Gasteiger partial charge in [-0.25, -0.2) is 0 Å². The van der Waals surface area contributed by atoms with E-state index in [0.717, 1.165) is 37.5 Å². The standard InChI is InChI=1S/C11H16N2OS/c14-11(10-3-6-15-8-10)13-5-2-9-1-4-12-7-9/h3,6,8-9,12H,1-2,4-5,7H2,(H,13,14)/t9-/m1/s1. The van der Waals surface area contributed by atoms with Crippen LogP contribution in [0.2, 0.25) is 0 Å². The van der Waals surface area contributed by atoms with Crippen molar-refractivity contribution in [1.29, 1.82) is 0 Å². The molecule has 1 saturated heterocycles. The first-order chi connectivity index (χ1) is 7.36. The first-order valence-electron chi connectivity index (χ1n) is 5.37. The van der Waals surface area contributed by atoms with Crippen LogP contribution in [0.25, 0.3) is 0 Å². The lowest BCUT2D eigenvalue weighted by Gasteiger charge is -2.08. The maximum absolute atomic E-state index is 11.6. The van der Waals surface area contributed by atoms with Crippen molar-refractivity contribution < 1.29 is 4.79 Å². The Bertz CT molecular complexity index is 304. The van der Waals surface area contributed by atoms with Crippen LogP contribution >= 0.6 is 11.3 Å². The van der Waals surface area contributed by atoms with Crippen LogP contribution in [0.15, 0.2) is 16.8 Å². The van der Waals surface area contributed by atoms with E-state index < -0.39 is 0 Å². The van der Waals surface area contributed by atoms with E-state index in [1.54, 1.807) is 11.3 Å². The summed E-state index contributed by atoms with van der Waals surface area (Å²) in [7, 11) is 0. The molecule has 0 aliphatic carbocycles. The van der Waals surface area contributed by atoms with E-state index in [1.165, 1.54) is 6.42 Å². The normalized spacial score (nSPS) is 20.4. The fourth-order valence-electron chi connectivity index (χ4n) is 1.85. The maximum atomic E-state index is 11.6. The fourth-order valence-corrected chi connectivity index (χ4v) is 2.48. The van der Waals surface area contributed by atoms with Crippen LogP contribution in [0.5, 0.6) is 0 Å². The van der Waals surface area contributed by atoms with E-state index in [9.17, 15) is 4.79 Å². The number of amides is 1. The van der Waals surface area contributed by atoms with Gasteiger partial charge in [-0.15, -0.1) is 0 Å². The number of nitrogens with one attached hydrogen (secondary N) is 2. The van der Waals surface area contributed by atoms with Gasteiger partial charge < -0.3 is 10.6 Å². The van der Waals surface area contributed by atoms with Crippen LogP contribution in [0.4, 0.5) is 0 Å². The zero-order chi connectivity index (χ0) is 10.5. The van der Waals surface area contributed by atoms with Crippen molar-refractivity contribution in [1.82, 2.24) is 10.6 Å². The average molecular weight is 224 g/mol. The van der Waals surface area contributed by atoms with Crippen LogP contribution in [-0.4, -0.2) is 25.5 Å². The molecule has 0 spiro atoms. The summed E-state index contributed by atoms with van der Waals surface area (Å²) in [6, 6.07) is 1.86. The third-order valence-corrected chi connectivity index (χ3v) is 3.47. The molecule has 1 aliphatic heterocycles. The molecule has 2 N–H and O–H groups in total. The first kappa shape index (κ1) is 10.6. The van der Waals surface area contributed by atoms with Crippen LogP contribution in [0.1, 0.15) is 23.2 Å². The van der Waals surface area contributed by atoms with Crippen molar-refractivity contribution in [3.63, 3.8) is 0 Å². The van der Waals surface area contributed by atoms with Gasteiger partial charge >= 0.3 is 0 Å². The summed E-state index contributed by atoms with van der Waals surface area (Å²) in [4.78, 5) is 11.6. The van der Waals surface area contributed by atoms with Crippen molar-refractivity contribution in [3.8, 4) is 0 Å². The Morgan fingerprint density at radius 2 is 2.60 bits per heavy atom. The molecule has 15 heavy (non-hydrogen) atoms. The van der Waals surface area contributed by atoms with Gasteiger partial charge in [0, 0.05) is 17.5 Å². The first-order valence-corrected chi connectivity index (χ1v) is 6.31. The number of hydrogen-bond acceptors (Lipinski definition) is 3. The van der Waals surface area contributed by atoms with Gasteiger partial charge in [-0.2, -0.15) is 11.3 Å². The highest BCUT2D eigenvalue weighted by atomic mass is 32.1. The molecule has 2 rings (SSSR count). The minimum Gasteiger partial charge on any atom is -0.352 e. The third-order valence-electron chi connectivity index (χ3n) is 2.78. The molecule has 0 unspecified atom stereocenters. The van der Waals surface area contributed by atoms with Gasteiger partial charge in [-0.3, -0.25) is 4.79 Å². The lowest BCUT2D eigenvalue weighted by molar-refractivity contribution is 0.0952. The summed E-state index contributed by atoms with van der Waals surface area (Å²) in [5.74, 6) is 0.801. The highest BCUT2D eigenvalue weighted by molar-refractivity contribution is 7.08. The minimum absolute atomic E-state index is 0.0576. The van der Waals surface area contributed by atoms with E-state index >= 15 is 0 Å². The molecule has 2 heterocycles. The van der Waals surface area contributed by atoms with Crippen LogP contribution in [-0.2, 0) is 0 Å². The van der Waals surface area contributed by atoms with Crippen molar-refractivity contribution in [3.05, 3.63) is 22.4 Å². The van der Waals surface area contributed by atoms with Crippen molar-refractivity contribution in [2.75, 3.05) is 19.6 Å². The highest BCUT2D eigenvalue weighted by Gasteiger charge is 2.14. The van der Waals surface area contributed by atoms with E-state index in [2.05, 4.69) is 10.6 Å². The largest absolute Gasteiger partial charge is 0.352 e. The van der Waals surface area contributed by atoms with Crippen molar-refractivity contribution >= 4 is 17.2 Å². The highest BCUT2D eigenvalue weighted by Crippen LogP contribution is 2.11. The lowest BCUT2D eigenvalue weighted by Crippen LogP contribution is -2.26. The van der Waals surface area contributed by atoms with Crippen molar-refractivity contribution in [2.45, 2.75) is 12.8 Å². The van der Waals surface area contributed by atoms with Gasteiger partial charge in [0.15, 0.2) is 0 Å². The molecular weight excluding hydrogens is 208 g/mol. The molecule has 1 aromatic heterocycles. The molecule has 0 bridgehead atoms. The minimum atomic E-state index is 0.0576.